The monoisotopic (exact) mass is 480 g/mol. The molecule has 2 aliphatic heterocycles. The minimum atomic E-state index is -0.0539. The van der Waals surface area contributed by atoms with Gasteiger partial charge in [-0.15, -0.1) is 0 Å². The summed E-state index contributed by atoms with van der Waals surface area (Å²) in [5.41, 5.74) is 6.17. The smallest absolute Gasteiger partial charge is 0.254 e. The average molecular weight is 481 g/mol. The summed E-state index contributed by atoms with van der Waals surface area (Å²) in [4.78, 5) is 20.1. The molecule has 2 bridgehead atoms. The third-order valence-corrected chi connectivity index (χ3v) is 7.23. The summed E-state index contributed by atoms with van der Waals surface area (Å²) in [6.07, 6.45) is 3.70. The Bertz CT molecular complexity index is 1400. The molecule has 0 radical (unpaired) electrons. The highest BCUT2D eigenvalue weighted by Crippen LogP contribution is 2.45. The number of halogens is 2. The van der Waals surface area contributed by atoms with Gasteiger partial charge in [0.05, 0.1) is 17.4 Å². The van der Waals surface area contributed by atoms with Crippen molar-refractivity contribution >= 4 is 40.2 Å². The zero-order valence-electron chi connectivity index (χ0n) is 18.3. The van der Waals surface area contributed by atoms with E-state index in [1.807, 2.05) is 47.8 Å². The fourth-order valence-electron chi connectivity index (χ4n) is 5.52. The molecule has 0 aliphatic carbocycles. The van der Waals surface area contributed by atoms with Gasteiger partial charge in [0.15, 0.2) is 11.5 Å². The van der Waals surface area contributed by atoms with Gasteiger partial charge in [-0.05, 0) is 62.1 Å². The second-order valence-corrected chi connectivity index (χ2v) is 9.80. The zero-order chi connectivity index (χ0) is 22.9. The van der Waals surface area contributed by atoms with Crippen LogP contribution in [0, 0.1) is 6.92 Å². The summed E-state index contributed by atoms with van der Waals surface area (Å²) in [6.45, 7) is 1.81. The van der Waals surface area contributed by atoms with Crippen LogP contribution >= 0.6 is 23.2 Å². The van der Waals surface area contributed by atoms with E-state index in [2.05, 4.69) is 4.98 Å². The van der Waals surface area contributed by atoms with Crippen LogP contribution in [0.15, 0.2) is 40.8 Å². The molecule has 0 spiro atoms. The van der Waals surface area contributed by atoms with Crippen LogP contribution < -0.4 is 0 Å². The van der Waals surface area contributed by atoms with E-state index >= 15 is 0 Å². The van der Waals surface area contributed by atoms with Gasteiger partial charge in [-0.3, -0.25) is 9.48 Å². The molecule has 6 nitrogen and oxygen atoms in total. The van der Waals surface area contributed by atoms with Crippen molar-refractivity contribution in [1.82, 2.24) is 19.7 Å². The van der Waals surface area contributed by atoms with Crippen LogP contribution in [0.1, 0.15) is 52.8 Å². The lowest BCUT2D eigenvalue weighted by atomic mass is 9.81. The van der Waals surface area contributed by atoms with Crippen molar-refractivity contribution in [3.8, 4) is 11.3 Å². The van der Waals surface area contributed by atoms with E-state index in [-0.39, 0.29) is 18.0 Å². The molecule has 4 aromatic rings. The number of amides is 1. The molecule has 2 aliphatic rings. The molecule has 2 atom stereocenters. The summed E-state index contributed by atoms with van der Waals surface area (Å²) < 4.78 is 7.57. The maximum atomic E-state index is 13.7. The summed E-state index contributed by atoms with van der Waals surface area (Å²) in [5, 5.41) is 6.09. The maximum absolute atomic E-state index is 13.7. The van der Waals surface area contributed by atoms with Gasteiger partial charge >= 0.3 is 0 Å². The molecular weight excluding hydrogens is 459 g/mol. The fraction of sp³-hybridized carbons (Fsp3) is 0.320. The number of nitrogens with zero attached hydrogens (tertiary/aromatic N) is 4. The van der Waals surface area contributed by atoms with Crippen LogP contribution in [0.5, 0.6) is 0 Å². The van der Waals surface area contributed by atoms with Crippen molar-refractivity contribution in [3.63, 3.8) is 0 Å². The van der Waals surface area contributed by atoms with E-state index in [0.29, 0.717) is 27.1 Å². The number of oxazole rings is 1. The van der Waals surface area contributed by atoms with E-state index in [9.17, 15) is 4.79 Å². The number of piperidine rings is 1. The largest absolute Gasteiger partial charge is 0.441 e. The number of fused-ring (bicyclic) bond motifs is 5. The fourth-order valence-corrected chi connectivity index (χ4v) is 6.05. The highest BCUT2D eigenvalue weighted by atomic mass is 35.5. The van der Waals surface area contributed by atoms with Crippen molar-refractivity contribution in [2.75, 3.05) is 0 Å². The summed E-state index contributed by atoms with van der Waals surface area (Å²) >= 11 is 12.6. The lowest BCUT2D eigenvalue weighted by Crippen LogP contribution is -2.49. The number of carbonyl (C=O) groups is 1. The first-order chi connectivity index (χ1) is 15.9. The Hall–Kier alpha value is -2.83. The van der Waals surface area contributed by atoms with E-state index in [4.69, 9.17) is 32.7 Å². The Morgan fingerprint density at radius 3 is 2.70 bits per heavy atom. The third-order valence-electron chi connectivity index (χ3n) is 6.79. The Morgan fingerprint density at radius 1 is 1.12 bits per heavy atom. The van der Waals surface area contributed by atoms with Crippen molar-refractivity contribution < 1.29 is 9.21 Å². The molecule has 33 heavy (non-hydrogen) atoms. The molecule has 0 unspecified atom stereocenters. The Kier molecular flexibility index (Phi) is 4.78. The first-order valence-corrected chi connectivity index (χ1v) is 11.9. The third kappa shape index (κ3) is 3.35. The molecule has 2 aromatic carbocycles. The topological polar surface area (TPSA) is 64.2 Å². The highest BCUT2D eigenvalue weighted by molar-refractivity contribution is 6.35. The van der Waals surface area contributed by atoms with Gasteiger partial charge in [0.1, 0.15) is 5.52 Å². The summed E-state index contributed by atoms with van der Waals surface area (Å²) in [6, 6.07) is 11.1. The van der Waals surface area contributed by atoms with Crippen molar-refractivity contribution in [3.05, 3.63) is 69.2 Å². The predicted octanol–water partition coefficient (Wildman–Crippen LogP) is 6.14. The molecule has 1 amide bonds. The molecule has 0 saturated carbocycles. The lowest BCUT2D eigenvalue weighted by molar-refractivity contribution is 0.0392. The molecular formula is C25H22Cl2N4O2. The van der Waals surface area contributed by atoms with E-state index in [1.165, 1.54) is 5.56 Å². The number of hydrogen-bond donors (Lipinski definition) is 0. The van der Waals surface area contributed by atoms with Gasteiger partial charge < -0.3 is 9.32 Å². The van der Waals surface area contributed by atoms with Crippen LogP contribution in [0.25, 0.3) is 22.4 Å². The zero-order valence-corrected chi connectivity index (χ0v) is 19.8. The normalized spacial score (nSPS) is 19.7. The predicted molar refractivity (Wildman–Crippen MR) is 128 cm³/mol. The minimum Gasteiger partial charge on any atom is -0.441 e. The lowest BCUT2D eigenvalue weighted by Gasteiger charge is -2.45. The van der Waals surface area contributed by atoms with Crippen LogP contribution in [-0.2, 0) is 13.5 Å². The Morgan fingerprint density at radius 2 is 1.91 bits per heavy atom. The standard InChI is InChI=1S/C25H22Cl2N4O2/c1-13-28-20-7-6-14(10-22(20)33-13)25(32)31-18-4-3-5-21(31)23-19(12-18)24(30(2)29-23)15-8-16(26)11-17(27)9-15/h6-11,18,21H,3-5,12H2,1-2H3/t18-,21+/m1/s1. The van der Waals surface area contributed by atoms with Crippen molar-refractivity contribution in [1.29, 1.82) is 0 Å². The molecule has 168 valence electrons. The van der Waals surface area contributed by atoms with Crippen LogP contribution in [0.2, 0.25) is 10.0 Å². The second-order valence-electron chi connectivity index (χ2n) is 8.93. The number of hydrogen-bond acceptors (Lipinski definition) is 4. The van der Waals surface area contributed by atoms with E-state index < -0.39 is 0 Å². The highest BCUT2D eigenvalue weighted by Gasteiger charge is 2.43. The van der Waals surface area contributed by atoms with Gasteiger partial charge in [0.2, 0.25) is 0 Å². The first kappa shape index (κ1) is 20.8. The SMILES string of the molecule is Cc1nc2ccc(C(=O)N3[C@@H]4CCC[C@H]3c3nn(C)c(-c5cc(Cl)cc(Cl)c5)c3C4)cc2o1. The van der Waals surface area contributed by atoms with Gasteiger partial charge in [-0.25, -0.2) is 4.98 Å². The van der Waals surface area contributed by atoms with Gasteiger partial charge in [-0.2, -0.15) is 5.10 Å². The van der Waals surface area contributed by atoms with Gasteiger partial charge in [0.25, 0.3) is 5.91 Å². The van der Waals surface area contributed by atoms with E-state index in [1.54, 1.807) is 12.1 Å². The quantitative estimate of drug-likeness (QED) is 0.345. The molecule has 1 fully saturated rings. The van der Waals surface area contributed by atoms with Crippen LogP contribution in [0.3, 0.4) is 0 Å². The number of carbonyl (C=O) groups excluding carboxylic acids is 1. The summed E-state index contributed by atoms with van der Waals surface area (Å²) in [5.74, 6) is 0.612. The number of aryl methyl sites for hydroxylation is 2. The second kappa shape index (κ2) is 7.61. The maximum Gasteiger partial charge on any atom is 0.254 e. The number of benzene rings is 2. The summed E-state index contributed by atoms with van der Waals surface area (Å²) in [7, 11) is 1.94. The van der Waals surface area contributed by atoms with Crippen LogP contribution in [0.4, 0.5) is 0 Å². The van der Waals surface area contributed by atoms with Gasteiger partial charge in [-0.1, -0.05) is 23.2 Å². The van der Waals surface area contributed by atoms with Gasteiger partial charge in [0, 0.05) is 46.7 Å². The first-order valence-electron chi connectivity index (χ1n) is 11.1. The average Bonchev–Trinajstić information content (AvgIpc) is 3.29. The van der Waals surface area contributed by atoms with E-state index in [0.717, 1.165) is 48.2 Å². The Labute approximate surface area is 201 Å². The van der Waals surface area contributed by atoms with Crippen LogP contribution in [-0.4, -0.2) is 31.6 Å². The molecule has 0 N–H and O–H groups in total. The molecule has 6 rings (SSSR count). The minimum absolute atomic E-state index is 0.0179. The number of rotatable bonds is 2. The van der Waals surface area contributed by atoms with Crippen molar-refractivity contribution in [2.24, 2.45) is 7.05 Å². The number of aromatic nitrogens is 3. The Balaban J connectivity index is 1.42. The molecule has 4 heterocycles. The molecule has 8 heteroatoms. The molecule has 2 aromatic heterocycles. The van der Waals surface area contributed by atoms with Crippen molar-refractivity contribution in [2.45, 2.75) is 44.7 Å². The molecule has 1 saturated heterocycles.